The quantitative estimate of drug-likeness (QED) is 0.0755. The van der Waals surface area contributed by atoms with Crippen molar-refractivity contribution < 1.29 is 48.9 Å². The smallest absolute Gasteiger partial charge is 0.326 e. The van der Waals surface area contributed by atoms with E-state index in [2.05, 4.69) is 10.6 Å². The molecule has 4 unspecified atom stereocenters. The highest BCUT2D eigenvalue weighted by Gasteiger charge is 2.31. The van der Waals surface area contributed by atoms with Gasteiger partial charge in [-0.3, -0.25) is 28.8 Å². The van der Waals surface area contributed by atoms with Crippen LogP contribution < -0.4 is 33.2 Å². The summed E-state index contributed by atoms with van der Waals surface area (Å²) in [6, 6.07) is -5.81. The van der Waals surface area contributed by atoms with Crippen LogP contribution in [0.25, 0.3) is 0 Å². The molecule has 0 fully saturated rings. The van der Waals surface area contributed by atoms with Gasteiger partial charge in [-0.2, -0.15) is 0 Å². The highest BCUT2D eigenvalue weighted by molar-refractivity contribution is 5.96. The number of carbonyl (C=O) groups is 7. The summed E-state index contributed by atoms with van der Waals surface area (Å²) >= 11 is 0. The van der Waals surface area contributed by atoms with Crippen LogP contribution in [-0.2, 0) is 33.6 Å². The van der Waals surface area contributed by atoms with E-state index < -0.39 is 97.8 Å². The maximum Gasteiger partial charge on any atom is 0.326 e. The Morgan fingerprint density at radius 3 is 1.61 bits per heavy atom. The van der Waals surface area contributed by atoms with E-state index in [1.54, 1.807) is 0 Å². The van der Waals surface area contributed by atoms with E-state index in [1.165, 1.54) is 0 Å². The first-order chi connectivity index (χ1) is 16.8. The summed E-state index contributed by atoms with van der Waals surface area (Å²) < 4.78 is 0. The molecule has 0 saturated heterocycles. The fraction of sp³-hybridized carbons (Fsp3) is 0.650. The van der Waals surface area contributed by atoms with Gasteiger partial charge in [0.2, 0.25) is 23.6 Å². The summed E-state index contributed by atoms with van der Waals surface area (Å²) in [6.45, 7) is 0.389. The molecule has 0 heterocycles. The zero-order valence-corrected chi connectivity index (χ0v) is 19.6. The fourth-order valence-electron chi connectivity index (χ4n) is 2.94. The van der Waals surface area contributed by atoms with Crippen molar-refractivity contribution in [3.63, 3.8) is 0 Å². The summed E-state index contributed by atoms with van der Waals surface area (Å²) in [6.07, 6.45) is -1.43. The number of amides is 4. The summed E-state index contributed by atoms with van der Waals surface area (Å²) in [5.41, 5.74) is 16.3. The Morgan fingerprint density at radius 2 is 1.14 bits per heavy atom. The SMILES string of the molecule is NCCCCC(N)C(=O)NC(CC(N)=O)C(=O)NC(CCC(=O)O)C(=O)NC(CCC(=O)O)C(=O)O. The first-order valence-corrected chi connectivity index (χ1v) is 11.1. The first kappa shape index (κ1) is 32.2. The Labute approximate surface area is 206 Å². The average molecular weight is 519 g/mol. The van der Waals surface area contributed by atoms with E-state index in [4.69, 9.17) is 27.4 Å². The Bertz CT molecular complexity index is 821. The largest absolute Gasteiger partial charge is 0.481 e. The average Bonchev–Trinajstić information content (AvgIpc) is 2.77. The molecule has 0 radical (unpaired) electrons. The molecule has 4 atom stereocenters. The molecule has 0 aromatic carbocycles. The molecule has 0 rings (SSSR count). The first-order valence-electron chi connectivity index (χ1n) is 11.1. The molecule has 0 spiro atoms. The molecular weight excluding hydrogens is 484 g/mol. The van der Waals surface area contributed by atoms with Crippen LogP contribution >= 0.6 is 0 Å². The molecule has 12 N–H and O–H groups in total. The van der Waals surface area contributed by atoms with Gasteiger partial charge in [-0.25, -0.2) is 4.79 Å². The highest BCUT2D eigenvalue weighted by atomic mass is 16.4. The zero-order valence-electron chi connectivity index (χ0n) is 19.6. The number of hydrogen-bond donors (Lipinski definition) is 9. The molecular formula is C20H34N6O10. The predicted octanol–water partition coefficient (Wildman–Crippen LogP) is -3.41. The van der Waals surface area contributed by atoms with Crippen LogP contribution in [0.4, 0.5) is 0 Å². The lowest BCUT2D eigenvalue weighted by molar-refractivity contribution is -0.144. The van der Waals surface area contributed by atoms with Gasteiger partial charge in [0.1, 0.15) is 18.1 Å². The number of rotatable bonds is 19. The second-order valence-corrected chi connectivity index (χ2v) is 7.95. The molecule has 0 aromatic rings. The Morgan fingerprint density at radius 1 is 0.667 bits per heavy atom. The van der Waals surface area contributed by atoms with Gasteiger partial charge in [-0.05, 0) is 32.2 Å². The summed E-state index contributed by atoms with van der Waals surface area (Å²) in [7, 11) is 0. The van der Waals surface area contributed by atoms with Crippen molar-refractivity contribution in [2.45, 2.75) is 75.5 Å². The summed E-state index contributed by atoms with van der Waals surface area (Å²) in [5.74, 6) is -8.11. The molecule has 36 heavy (non-hydrogen) atoms. The molecule has 16 nitrogen and oxygen atoms in total. The van der Waals surface area contributed by atoms with Gasteiger partial charge >= 0.3 is 17.9 Å². The van der Waals surface area contributed by atoms with Crippen LogP contribution in [0.5, 0.6) is 0 Å². The van der Waals surface area contributed by atoms with Crippen LogP contribution in [0.3, 0.4) is 0 Å². The molecule has 0 bridgehead atoms. The molecule has 16 heteroatoms. The van der Waals surface area contributed by atoms with Crippen molar-refractivity contribution >= 4 is 41.5 Å². The normalized spacial score (nSPS) is 13.9. The van der Waals surface area contributed by atoms with Crippen LogP contribution in [0.1, 0.15) is 51.4 Å². The van der Waals surface area contributed by atoms with Crippen LogP contribution in [-0.4, -0.2) is 87.6 Å². The molecule has 0 aliphatic carbocycles. The minimum Gasteiger partial charge on any atom is -0.481 e. The second kappa shape index (κ2) is 16.8. The van der Waals surface area contributed by atoms with Gasteiger partial charge in [0, 0.05) is 12.8 Å². The number of hydrogen-bond acceptors (Lipinski definition) is 9. The lowest BCUT2D eigenvalue weighted by Gasteiger charge is -2.24. The number of carboxylic acid groups (broad SMARTS) is 3. The Kier molecular flexibility index (Phi) is 15.0. The number of carboxylic acids is 3. The summed E-state index contributed by atoms with van der Waals surface area (Å²) in [4.78, 5) is 82.3. The number of unbranched alkanes of at least 4 members (excludes halogenated alkanes) is 1. The molecule has 4 amide bonds. The third-order valence-electron chi connectivity index (χ3n) is 4.89. The van der Waals surface area contributed by atoms with Crippen molar-refractivity contribution in [3.8, 4) is 0 Å². The number of carbonyl (C=O) groups excluding carboxylic acids is 4. The van der Waals surface area contributed by atoms with E-state index in [-0.39, 0.29) is 6.42 Å². The van der Waals surface area contributed by atoms with Crippen molar-refractivity contribution in [2.75, 3.05) is 6.54 Å². The standard InChI is InChI=1S/C20H34N6O10/c21-8-2-1-3-10(22)17(32)26-13(9-14(23)27)19(34)24-11(4-6-15(28)29)18(33)25-12(20(35)36)5-7-16(30)31/h10-13H,1-9,21-22H2,(H2,23,27)(H,24,34)(H,25,33)(H,26,32)(H,28,29)(H,30,31)(H,35,36). The van der Waals surface area contributed by atoms with Crippen molar-refractivity contribution in [1.82, 2.24) is 16.0 Å². The van der Waals surface area contributed by atoms with E-state index in [1.807, 2.05) is 5.32 Å². The third-order valence-corrected chi connectivity index (χ3v) is 4.89. The topological polar surface area (TPSA) is 294 Å². The van der Waals surface area contributed by atoms with Gasteiger partial charge in [-0.15, -0.1) is 0 Å². The molecule has 0 aliphatic heterocycles. The monoisotopic (exact) mass is 518 g/mol. The number of primary amides is 1. The minimum absolute atomic E-state index is 0.241. The zero-order chi connectivity index (χ0) is 27.8. The van der Waals surface area contributed by atoms with Crippen molar-refractivity contribution in [2.24, 2.45) is 17.2 Å². The lowest BCUT2D eigenvalue weighted by Crippen LogP contribution is -2.57. The number of nitrogens with one attached hydrogen (secondary N) is 3. The van der Waals surface area contributed by atoms with E-state index in [0.717, 1.165) is 0 Å². The maximum atomic E-state index is 12.8. The van der Waals surface area contributed by atoms with Crippen molar-refractivity contribution in [1.29, 1.82) is 0 Å². The van der Waals surface area contributed by atoms with Crippen LogP contribution in [0.15, 0.2) is 0 Å². The predicted molar refractivity (Wildman–Crippen MR) is 122 cm³/mol. The minimum atomic E-state index is -1.63. The maximum absolute atomic E-state index is 12.8. The number of nitrogens with two attached hydrogens (primary N) is 3. The molecule has 0 saturated carbocycles. The van der Waals surface area contributed by atoms with E-state index in [0.29, 0.717) is 19.4 Å². The number of aliphatic carboxylic acids is 3. The molecule has 0 aromatic heterocycles. The van der Waals surface area contributed by atoms with Gasteiger partial charge in [-0.1, -0.05) is 6.42 Å². The van der Waals surface area contributed by atoms with Gasteiger partial charge < -0.3 is 48.5 Å². The highest BCUT2D eigenvalue weighted by Crippen LogP contribution is 2.05. The summed E-state index contributed by atoms with van der Waals surface area (Å²) in [5, 5.41) is 33.4. The van der Waals surface area contributed by atoms with E-state index in [9.17, 15) is 38.7 Å². The van der Waals surface area contributed by atoms with Crippen molar-refractivity contribution in [3.05, 3.63) is 0 Å². The van der Waals surface area contributed by atoms with Gasteiger partial charge in [0.15, 0.2) is 0 Å². The third kappa shape index (κ3) is 13.8. The second-order valence-electron chi connectivity index (χ2n) is 7.95. The van der Waals surface area contributed by atoms with Crippen LogP contribution in [0.2, 0.25) is 0 Å². The Hall–Kier alpha value is -3.79. The van der Waals surface area contributed by atoms with Gasteiger partial charge in [0.25, 0.3) is 0 Å². The molecule has 0 aliphatic rings. The van der Waals surface area contributed by atoms with E-state index >= 15 is 0 Å². The fourth-order valence-corrected chi connectivity index (χ4v) is 2.94. The Balaban J connectivity index is 5.53. The molecule has 204 valence electrons. The lowest BCUT2D eigenvalue weighted by atomic mass is 10.1. The van der Waals surface area contributed by atoms with Gasteiger partial charge in [0.05, 0.1) is 12.5 Å². The van der Waals surface area contributed by atoms with Crippen LogP contribution in [0, 0.1) is 0 Å².